The summed E-state index contributed by atoms with van der Waals surface area (Å²) in [6, 6.07) is 14.3. The third-order valence-corrected chi connectivity index (χ3v) is 6.54. The van der Waals surface area contributed by atoms with Gasteiger partial charge >= 0.3 is 12.1 Å². The minimum atomic E-state index is -4.43. The van der Waals surface area contributed by atoms with Gasteiger partial charge in [-0.05, 0) is 72.7 Å². The Hall–Kier alpha value is -3.63. The van der Waals surface area contributed by atoms with Gasteiger partial charge in [0.25, 0.3) is 0 Å². The number of pyridine rings is 1. The number of fused-ring (bicyclic) bond motifs is 1. The second-order valence-corrected chi connectivity index (χ2v) is 9.27. The van der Waals surface area contributed by atoms with Crippen LogP contribution in [0.25, 0.3) is 10.9 Å². The van der Waals surface area contributed by atoms with E-state index in [1.807, 2.05) is 37.3 Å². The van der Waals surface area contributed by atoms with Gasteiger partial charge in [0.15, 0.2) is 0 Å². The zero-order chi connectivity index (χ0) is 25.9. The summed E-state index contributed by atoms with van der Waals surface area (Å²) in [5.41, 5.74) is 2.50. The normalized spacial score (nSPS) is 19.3. The number of rotatable bonds is 5. The Balaban J connectivity index is 1.77. The second kappa shape index (κ2) is 10.5. The van der Waals surface area contributed by atoms with Gasteiger partial charge in [-0.1, -0.05) is 42.7 Å². The zero-order valence-electron chi connectivity index (χ0n) is 19.9. The Kier molecular flexibility index (Phi) is 7.46. The van der Waals surface area contributed by atoms with Gasteiger partial charge < -0.3 is 5.11 Å². The lowest BCUT2D eigenvalue weighted by atomic mass is 9.83. The number of likely N-dealkylation sites (tertiary alicyclic amines) is 1. The Bertz CT molecular complexity index is 1320. The minimum absolute atomic E-state index is 0.0225. The van der Waals surface area contributed by atoms with E-state index in [0.29, 0.717) is 30.5 Å². The van der Waals surface area contributed by atoms with E-state index in [9.17, 15) is 23.1 Å². The summed E-state index contributed by atoms with van der Waals surface area (Å²) in [4.78, 5) is 18.0. The van der Waals surface area contributed by atoms with Crippen LogP contribution in [0.3, 0.4) is 0 Å². The molecule has 1 N–H and O–H groups in total. The highest BCUT2D eigenvalue weighted by atomic mass is 19.4. The Morgan fingerprint density at radius 3 is 2.64 bits per heavy atom. The molecule has 1 aliphatic heterocycles. The van der Waals surface area contributed by atoms with E-state index in [1.54, 1.807) is 6.20 Å². The number of allylic oxidation sites excluding steroid dienone is 1. The maximum Gasteiger partial charge on any atom is 0.416 e. The fourth-order valence-electron chi connectivity index (χ4n) is 4.83. The molecule has 2 heterocycles. The summed E-state index contributed by atoms with van der Waals surface area (Å²) in [6.45, 7) is 6.28. The molecule has 0 amide bonds. The molecule has 4 nitrogen and oxygen atoms in total. The molecule has 4 rings (SSSR count). The predicted molar refractivity (Wildman–Crippen MR) is 133 cm³/mol. The van der Waals surface area contributed by atoms with Crippen LogP contribution in [0.4, 0.5) is 13.2 Å². The molecule has 0 aliphatic carbocycles. The lowest BCUT2D eigenvalue weighted by Gasteiger charge is -2.42. The molecule has 0 bridgehead atoms. The van der Waals surface area contributed by atoms with Crippen LogP contribution in [0, 0.1) is 17.8 Å². The van der Waals surface area contributed by atoms with Crippen molar-refractivity contribution in [3.05, 3.63) is 89.6 Å². The third-order valence-electron chi connectivity index (χ3n) is 6.54. The van der Waals surface area contributed by atoms with Crippen LogP contribution in [0.2, 0.25) is 0 Å². The fraction of sp³-hybridized carbons (Fsp3) is 0.310. The number of piperidine rings is 1. The summed E-state index contributed by atoms with van der Waals surface area (Å²) in [6.07, 6.45) is -1.50. The quantitative estimate of drug-likeness (QED) is 0.398. The van der Waals surface area contributed by atoms with Gasteiger partial charge in [-0.3, -0.25) is 14.7 Å². The first-order valence-electron chi connectivity index (χ1n) is 11.8. The van der Waals surface area contributed by atoms with E-state index >= 15 is 0 Å². The summed E-state index contributed by atoms with van der Waals surface area (Å²) in [7, 11) is 0. The number of benzene rings is 2. The van der Waals surface area contributed by atoms with Crippen LogP contribution in [-0.2, 0) is 11.0 Å². The van der Waals surface area contributed by atoms with Crippen LogP contribution in [-0.4, -0.2) is 27.5 Å². The average molecular weight is 493 g/mol. The van der Waals surface area contributed by atoms with Crippen LogP contribution in [0.15, 0.2) is 72.9 Å². The lowest BCUT2D eigenvalue weighted by Crippen LogP contribution is -2.39. The Morgan fingerprint density at radius 1 is 1.22 bits per heavy atom. The largest absolute Gasteiger partial charge is 0.481 e. The zero-order valence-corrected chi connectivity index (χ0v) is 19.9. The predicted octanol–water partition coefficient (Wildman–Crippen LogP) is 6.80. The van der Waals surface area contributed by atoms with Crippen molar-refractivity contribution in [2.24, 2.45) is 5.92 Å². The first-order valence-corrected chi connectivity index (χ1v) is 11.8. The number of aromatic nitrogens is 1. The van der Waals surface area contributed by atoms with Crippen molar-refractivity contribution in [3.63, 3.8) is 0 Å². The maximum absolute atomic E-state index is 13.2. The summed E-state index contributed by atoms with van der Waals surface area (Å²) >= 11 is 0. The third kappa shape index (κ3) is 5.95. The van der Waals surface area contributed by atoms with Crippen molar-refractivity contribution < 1.29 is 23.1 Å². The summed E-state index contributed by atoms with van der Waals surface area (Å²) < 4.78 is 39.6. The molecular formula is C29H27F3N2O2. The van der Waals surface area contributed by atoms with E-state index in [-0.39, 0.29) is 24.4 Å². The molecule has 7 heteroatoms. The van der Waals surface area contributed by atoms with E-state index < -0.39 is 17.7 Å². The first kappa shape index (κ1) is 25.5. The second-order valence-electron chi connectivity index (χ2n) is 9.27. The number of alkyl halides is 3. The molecule has 36 heavy (non-hydrogen) atoms. The van der Waals surface area contributed by atoms with Crippen LogP contribution < -0.4 is 0 Å². The van der Waals surface area contributed by atoms with Crippen molar-refractivity contribution in [2.45, 2.75) is 44.4 Å². The van der Waals surface area contributed by atoms with Gasteiger partial charge in [0.05, 0.1) is 17.1 Å². The standard InChI is InChI=1S/C29H27F3N2O2/c1-19(2)5-12-26(23-8-11-25-22(18-23)4-3-14-33-25)34-15-13-20(17-28(35)36)16-27(34)21-6-9-24(10-7-21)29(30,31)32/h3-4,6-11,14,18,20,26-27H,1,13,15-17H2,2H3,(H,35,36)/t20-,26-,27+/m1/s1. The molecule has 1 fully saturated rings. The molecule has 0 spiro atoms. The van der Waals surface area contributed by atoms with Crippen molar-refractivity contribution >= 4 is 16.9 Å². The first-order chi connectivity index (χ1) is 17.1. The summed E-state index contributed by atoms with van der Waals surface area (Å²) in [5, 5.41) is 10.3. The summed E-state index contributed by atoms with van der Waals surface area (Å²) in [5.74, 6) is 5.45. The molecule has 2 aromatic carbocycles. The number of carbonyl (C=O) groups is 1. The van der Waals surface area contributed by atoms with Gasteiger partial charge in [0.2, 0.25) is 0 Å². The van der Waals surface area contributed by atoms with E-state index in [2.05, 4.69) is 28.3 Å². The minimum Gasteiger partial charge on any atom is -0.481 e. The molecule has 0 unspecified atom stereocenters. The Labute approximate surface area is 208 Å². The van der Waals surface area contributed by atoms with Crippen LogP contribution >= 0.6 is 0 Å². The lowest BCUT2D eigenvalue weighted by molar-refractivity contribution is -0.139. The molecule has 186 valence electrons. The van der Waals surface area contributed by atoms with Gasteiger partial charge in [-0.15, -0.1) is 0 Å². The van der Waals surface area contributed by atoms with E-state index in [1.165, 1.54) is 12.1 Å². The monoisotopic (exact) mass is 492 g/mol. The van der Waals surface area contributed by atoms with Crippen LogP contribution in [0.1, 0.15) is 55.0 Å². The molecule has 3 aromatic rings. The molecule has 3 atom stereocenters. The average Bonchev–Trinajstić information content (AvgIpc) is 2.83. The highest BCUT2D eigenvalue weighted by molar-refractivity contribution is 5.79. The van der Waals surface area contributed by atoms with Gasteiger partial charge in [0, 0.05) is 30.6 Å². The molecular weight excluding hydrogens is 465 g/mol. The molecule has 1 aliphatic rings. The number of carboxylic acids is 1. The highest BCUT2D eigenvalue weighted by Crippen LogP contribution is 2.42. The molecule has 1 saturated heterocycles. The van der Waals surface area contributed by atoms with Crippen LogP contribution in [0.5, 0.6) is 0 Å². The van der Waals surface area contributed by atoms with E-state index in [0.717, 1.165) is 28.6 Å². The van der Waals surface area contributed by atoms with Crippen molar-refractivity contribution in [3.8, 4) is 11.8 Å². The van der Waals surface area contributed by atoms with Gasteiger partial charge in [-0.25, -0.2) is 0 Å². The topological polar surface area (TPSA) is 53.4 Å². The fourth-order valence-corrected chi connectivity index (χ4v) is 4.83. The van der Waals surface area contributed by atoms with E-state index in [4.69, 9.17) is 0 Å². The van der Waals surface area contributed by atoms with Gasteiger partial charge in [-0.2, -0.15) is 13.2 Å². The molecule has 1 aromatic heterocycles. The number of nitrogens with zero attached hydrogens (tertiary/aromatic N) is 2. The van der Waals surface area contributed by atoms with Crippen molar-refractivity contribution in [1.29, 1.82) is 0 Å². The molecule has 0 radical (unpaired) electrons. The smallest absolute Gasteiger partial charge is 0.416 e. The number of hydrogen-bond acceptors (Lipinski definition) is 3. The molecule has 0 saturated carbocycles. The Morgan fingerprint density at radius 2 is 1.97 bits per heavy atom. The SMILES string of the molecule is C=C(C)C#C[C@H](c1ccc2ncccc2c1)N1CC[C@@H](CC(=O)O)C[C@H]1c1ccc(C(F)(F)F)cc1. The highest BCUT2D eigenvalue weighted by Gasteiger charge is 2.36. The van der Waals surface area contributed by atoms with Gasteiger partial charge in [0.1, 0.15) is 0 Å². The number of aliphatic carboxylic acids is 1. The van der Waals surface area contributed by atoms with Crippen molar-refractivity contribution in [2.75, 3.05) is 6.54 Å². The maximum atomic E-state index is 13.2. The number of carboxylic acid groups (broad SMARTS) is 1. The number of halogens is 3. The number of hydrogen-bond donors (Lipinski definition) is 1. The van der Waals surface area contributed by atoms with Crippen molar-refractivity contribution in [1.82, 2.24) is 9.88 Å².